The minimum atomic E-state index is -0.00627. The van der Waals surface area contributed by atoms with Gasteiger partial charge in [-0.3, -0.25) is 5.84 Å². The van der Waals surface area contributed by atoms with Gasteiger partial charge < -0.3 is 9.47 Å². The Balaban J connectivity index is 1.98. The highest BCUT2D eigenvalue weighted by Gasteiger charge is 2.42. The molecule has 2 aliphatic heterocycles. The summed E-state index contributed by atoms with van der Waals surface area (Å²) in [5, 5.41) is 1.85. The zero-order valence-corrected chi connectivity index (χ0v) is 8.16. The summed E-state index contributed by atoms with van der Waals surface area (Å²) in [6.07, 6.45) is 3.42. The first kappa shape index (κ1) is 9.40. The van der Waals surface area contributed by atoms with Crippen LogP contribution in [-0.4, -0.2) is 43.5 Å². The monoisotopic (exact) mass is 186 g/mol. The van der Waals surface area contributed by atoms with Gasteiger partial charge in [0.15, 0.2) is 0 Å². The van der Waals surface area contributed by atoms with Gasteiger partial charge in [-0.2, -0.15) is 0 Å². The zero-order valence-electron chi connectivity index (χ0n) is 8.16. The van der Waals surface area contributed by atoms with Crippen LogP contribution in [0.1, 0.15) is 19.3 Å². The van der Waals surface area contributed by atoms with Gasteiger partial charge in [0.25, 0.3) is 0 Å². The molecule has 13 heavy (non-hydrogen) atoms. The van der Waals surface area contributed by atoms with Crippen molar-refractivity contribution in [2.45, 2.75) is 31.0 Å². The lowest BCUT2D eigenvalue weighted by Gasteiger charge is -2.37. The number of hydrazine groups is 1. The van der Waals surface area contributed by atoms with Crippen LogP contribution in [0.3, 0.4) is 0 Å². The summed E-state index contributed by atoms with van der Waals surface area (Å²) in [7, 11) is 1.78. The molecule has 4 nitrogen and oxygen atoms in total. The van der Waals surface area contributed by atoms with E-state index in [1.165, 1.54) is 0 Å². The van der Waals surface area contributed by atoms with Gasteiger partial charge in [-0.1, -0.05) is 0 Å². The average molecular weight is 186 g/mol. The molecule has 0 amide bonds. The fourth-order valence-electron chi connectivity index (χ4n) is 2.34. The molecule has 2 atom stereocenters. The molecular weight excluding hydrogens is 168 g/mol. The van der Waals surface area contributed by atoms with Crippen molar-refractivity contribution in [3.63, 3.8) is 0 Å². The van der Waals surface area contributed by atoms with E-state index in [0.717, 1.165) is 39.0 Å². The summed E-state index contributed by atoms with van der Waals surface area (Å²) < 4.78 is 11.2. The van der Waals surface area contributed by atoms with Crippen molar-refractivity contribution in [3.8, 4) is 0 Å². The molecule has 2 saturated heterocycles. The van der Waals surface area contributed by atoms with Crippen LogP contribution in [0.4, 0.5) is 0 Å². The van der Waals surface area contributed by atoms with Gasteiger partial charge in [0.1, 0.15) is 0 Å². The first-order valence-corrected chi connectivity index (χ1v) is 4.90. The number of ether oxygens (including phenoxy) is 2. The lowest BCUT2D eigenvalue weighted by atomic mass is 9.91. The molecule has 0 unspecified atom stereocenters. The lowest BCUT2D eigenvalue weighted by molar-refractivity contribution is -0.119. The molecule has 2 rings (SSSR count). The Morgan fingerprint density at radius 2 is 2.46 bits per heavy atom. The average Bonchev–Trinajstić information content (AvgIpc) is 2.47. The van der Waals surface area contributed by atoms with Crippen LogP contribution in [0.15, 0.2) is 0 Å². The van der Waals surface area contributed by atoms with E-state index < -0.39 is 0 Å². The highest BCUT2D eigenvalue weighted by Crippen LogP contribution is 2.33. The highest BCUT2D eigenvalue weighted by molar-refractivity contribution is 4.94. The van der Waals surface area contributed by atoms with E-state index in [-0.39, 0.29) is 5.60 Å². The Bertz CT molecular complexity index is 184. The largest absolute Gasteiger partial charge is 0.381 e. The third-order valence-electron chi connectivity index (χ3n) is 3.13. The Kier molecular flexibility index (Phi) is 2.55. The molecule has 0 aromatic heterocycles. The van der Waals surface area contributed by atoms with Crippen LogP contribution in [-0.2, 0) is 9.47 Å². The van der Waals surface area contributed by atoms with Crippen molar-refractivity contribution >= 4 is 0 Å². The Labute approximate surface area is 78.9 Å². The van der Waals surface area contributed by atoms with E-state index in [1.54, 1.807) is 7.11 Å². The topological polar surface area (TPSA) is 47.7 Å². The van der Waals surface area contributed by atoms with Crippen LogP contribution in [0.25, 0.3) is 0 Å². The second-order valence-corrected chi connectivity index (χ2v) is 4.10. The molecule has 0 aromatic rings. The Hall–Kier alpha value is -0.160. The summed E-state index contributed by atoms with van der Waals surface area (Å²) in [6.45, 7) is 2.61. The third-order valence-corrected chi connectivity index (χ3v) is 3.13. The fraction of sp³-hybridized carbons (Fsp3) is 1.00. The molecule has 0 aliphatic carbocycles. The number of hydrogen-bond donors (Lipinski definition) is 1. The predicted octanol–water partition coefficient (Wildman–Crippen LogP) is 0.130. The second kappa shape index (κ2) is 3.53. The molecule has 0 bridgehead atoms. The number of methoxy groups -OCH3 is 1. The van der Waals surface area contributed by atoms with Gasteiger partial charge in [-0.15, -0.1) is 0 Å². The molecular formula is C9H18N2O2. The van der Waals surface area contributed by atoms with Crippen molar-refractivity contribution in [1.29, 1.82) is 0 Å². The van der Waals surface area contributed by atoms with Gasteiger partial charge in [0.2, 0.25) is 0 Å². The van der Waals surface area contributed by atoms with E-state index >= 15 is 0 Å². The first-order chi connectivity index (χ1) is 6.24. The van der Waals surface area contributed by atoms with E-state index in [2.05, 4.69) is 0 Å². The SMILES string of the molecule is CO[C@@H]1CCO[C@]2(CCN(N)C2)C1. The fourth-order valence-corrected chi connectivity index (χ4v) is 2.34. The standard InChI is InChI=1S/C9H18N2O2/c1-12-8-2-5-13-9(6-8)3-4-11(10)7-9/h8H,2-7,10H2,1H3/t8-,9-/m1/s1. The maximum Gasteiger partial charge on any atom is 0.0860 e. The third kappa shape index (κ3) is 1.86. The van der Waals surface area contributed by atoms with Crippen LogP contribution in [0.5, 0.6) is 0 Å². The van der Waals surface area contributed by atoms with Gasteiger partial charge in [0, 0.05) is 33.2 Å². The van der Waals surface area contributed by atoms with Crippen molar-refractivity contribution in [2.75, 3.05) is 26.8 Å². The van der Waals surface area contributed by atoms with E-state index in [1.807, 2.05) is 5.01 Å². The van der Waals surface area contributed by atoms with Crippen LogP contribution >= 0.6 is 0 Å². The number of rotatable bonds is 1. The molecule has 2 N–H and O–H groups in total. The van der Waals surface area contributed by atoms with Crippen molar-refractivity contribution < 1.29 is 9.47 Å². The highest BCUT2D eigenvalue weighted by atomic mass is 16.5. The number of hydrogen-bond acceptors (Lipinski definition) is 4. The second-order valence-electron chi connectivity index (χ2n) is 4.10. The normalized spacial score (nSPS) is 41.5. The number of nitrogens with two attached hydrogens (primary N) is 1. The van der Waals surface area contributed by atoms with Crippen molar-refractivity contribution in [1.82, 2.24) is 5.01 Å². The summed E-state index contributed by atoms with van der Waals surface area (Å²) in [6, 6.07) is 0. The summed E-state index contributed by atoms with van der Waals surface area (Å²) in [5.74, 6) is 5.74. The molecule has 1 spiro atoms. The van der Waals surface area contributed by atoms with Gasteiger partial charge in [0.05, 0.1) is 11.7 Å². The molecule has 4 heteroatoms. The van der Waals surface area contributed by atoms with Gasteiger partial charge >= 0.3 is 0 Å². The molecule has 0 saturated carbocycles. The molecule has 76 valence electrons. The summed E-state index contributed by atoms with van der Waals surface area (Å²) in [4.78, 5) is 0. The summed E-state index contributed by atoms with van der Waals surface area (Å²) in [5.41, 5.74) is -0.00627. The zero-order chi connectivity index (χ0) is 9.31. The molecule has 0 radical (unpaired) electrons. The van der Waals surface area contributed by atoms with Crippen molar-refractivity contribution in [3.05, 3.63) is 0 Å². The predicted molar refractivity (Wildman–Crippen MR) is 49.1 cm³/mol. The quantitative estimate of drug-likeness (QED) is 0.591. The van der Waals surface area contributed by atoms with E-state index in [4.69, 9.17) is 15.3 Å². The maximum atomic E-state index is 5.83. The van der Waals surface area contributed by atoms with E-state index in [0.29, 0.717) is 6.10 Å². The van der Waals surface area contributed by atoms with Crippen molar-refractivity contribution in [2.24, 2.45) is 5.84 Å². The summed E-state index contributed by atoms with van der Waals surface area (Å²) >= 11 is 0. The smallest absolute Gasteiger partial charge is 0.0860 e. The maximum absolute atomic E-state index is 5.83. The molecule has 2 heterocycles. The lowest BCUT2D eigenvalue weighted by Crippen LogP contribution is -2.45. The van der Waals surface area contributed by atoms with E-state index in [9.17, 15) is 0 Å². The van der Waals surface area contributed by atoms with Crippen LogP contribution in [0, 0.1) is 0 Å². The minimum absolute atomic E-state index is 0.00627. The minimum Gasteiger partial charge on any atom is -0.381 e. The molecule has 0 aromatic carbocycles. The first-order valence-electron chi connectivity index (χ1n) is 4.90. The Morgan fingerprint density at radius 1 is 1.62 bits per heavy atom. The van der Waals surface area contributed by atoms with Crippen LogP contribution < -0.4 is 5.84 Å². The number of nitrogens with zero attached hydrogens (tertiary/aromatic N) is 1. The Morgan fingerprint density at radius 3 is 3.08 bits per heavy atom. The van der Waals surface area contributed by atoms with Gasteiger partial charge in [-0.05, 0) is 12.8 Å². The van der Waals surface area contributed by atoms with Gasteiger partial charge in [-0.25, -0.2) is 5.01 Å². The molecule has 2 aliphatic rings. The molecule has 2 fully saturated rings. The van der Waals surface area contributed by atoms with Crippen LogP contribution in [0.2, 0.25) is 0 Å².